The van der Waals surface area contributed by atoms with Gasteiger partial charge in [-0.05, 0) is 0 Å². The van der Waals surface area contributed by atoms with Crippen LogP contribution in [0.4, 0.5) is 0 Å². The molecule has 0 saturated heterocycles. The van der Waals surface area contributed by atoms with Crippen LogP contribution in [0.5, 0.6) is 0 Å². The maximum absolute atomic E-state index is 5.28. The summed E-state index contributed by atoms with van der Waals surface area (Å²) in [5.74, 6) is 1.14. The molecule has 2 aromatic rings. The first-order valence-electron chi connectivity index (χ1n) is 5.61. The normalized spacial score (nSPS) is 11.4. The van der Waals surface area contributed by atoms with Crippen LogP contribution >= 0.6 is 24.0 Å². The molecule has 0 fully saturated rings. The summed E-state index contributed by atoms with van der Waals surface area (Å²) in [5, 5.41) is 3.94. The molecule has 0 spiro atoms. The maximum Gasteiger partial charge on any atom is 0.231 e. The van der Waals surface area contributed by atoms with E-state index in [9.17, 15) is 0 Å². The highest BCUT2D eigenvalue weighted by Crippen LogP contribution is 2.19. The second-order valence-corrected chi connectivity index (χ2v) is 3.99. The van der Waals surface area contributed by atoms with Crippen molar-refractivity contribution in [2.24, 2.45) is 16.5 Å². The molecule has 0 saturated carbocycles. The van der Waals surface area contributed by atoms with Crippen LogP contribution in [0.25, 0.3) is 11.4 Å². The Morgan fingerprint density at radius 1 is 1.32 bits per heavy atom. The van der Waals surface area contributed by atoms with Crippen molar-refractivity contribution < 1.29 is 4.52 Å². The lowest BCUT2D eigenvalue weighted by Crippen LogP contribution is -2.23. The van der Waals surface area contributed by atoms with E-state index in [1.165, 1.54) is 0 Å². The zero-order chi connectivity index (χ0) is 13.0. The van der Waals surface area contributed by atoms with Gasteiger partial charge in [0.2, 0.25) is 11.7 Å². The molecule has 0 amide bonds. The second-order valence-electron chi connectivity index (χ2n) is 3.99. The number of aromatic nitrogens is 2. The van der Waals surface area contributed by atoms with E-state index < -0.39 is 0 Å². The summed E-state index contributed by atoms with van der Waals surface area (Å²) in [5.41, 5.74) is 11.5. The molecular formula is C12H16IN5O. The van der Waals surface area contributed by atoms with E-state index in [4.69, 9.17) is 16.0 Å². The zero-order valence-corrected chi connectivity index (χ0v) is 12.8. The van der Waals surface area contributed by atoms with E-state index in [0.29, 0.717) is 18.3 Å². The first-order chi connectivity index (χ1) is 8.66. The van der Waals surface area contributed by atoms with Crippen LogP contribution in [0.1, 0.15) is 18.7 Å². The number of hydrogen-bond donors (Lipinski definition) is 2. The third kappa shape index (κ3) is 4.19. The van der Waals surface area contributed by atoms with Crippen molar-refractivity contribution in [3.63, 3.8) is 0 Å². The lowest BCUT2D eigenvalue weighted by Gasteiger charge is -2.01. The van der Waals surface area contributed by atoms with Gasteiger partial charge in [-0.15, -0.1) is 24.0 Å². The zero-order valence-electron chi connectivity index (χ0n) is 10.5. The highest BCUT2D eigenvalue weighted by molar-refractivity contribution is 14.0. The Bertz CT molecular complexity index is 536. The van der Waals surface area contributed by atoms with Crippen LogP contribution in [-0.4, -0.2) is 22.6 Å². The number of guanidine groups is 1. The fourth-order valence-corrected chi connectivity index (χ4v) is 1.46. The predicted octanol–water partition coefficient (Wildman–Crippen LogP) is 1.73. The third-order valence-electron chi connectivity index (χ3n) is 2.44. The summed E-state index contributed by atoms with van der Waals surface area (Å²) in [7, 11) is 0. The minimum absolute atomic E-state index is 0. The van der Waals surface area contributed by atoms with E-state index >= 15 is 0 Å². The van der Waals surface area contributed by atoms with Crippen molar-refractivity contribution in [2.75, 3.05) is 6.54 Å². The topological polar surface area (TPSA) is 103 Å². The average Bonchev–Trinajstić information content (AvgIpc) is 2.86. The molecule has 0 bridgehead atoms. The minimum Gasteiger partial charge on any atom is -0.370 e. The molecule has 6 nitrogen and oxygen atoms in total. The number of halogens is 1. The van der Waals surface area contributed by atoms with Gasteiger partial charge in [0.25, 0.3) is 0 Å². The number of rotatable bonds is 4. The Balaban J connectivity index is 0.00000180. The van der Waals surface area contributed by atoms with E-state index in [-0.39, 0.29) is 35.9 Å². The van der Waals surface area contributed by atoms with Crippen LogP contribution in [0, 0.1) is 0 Å². The number of nitrogens with two attached hydrogens (primary N) is 2. The quantitative estimate of drug-likeness (QED) is 0.483. The number of nitrogens with zero attached hydrogens (tertiary/aromatic N) is 3. The Morgan fingerprint density at radius 3 is 2.63 bits per heavy atom. The van der Waals surface area contributed by atoms with Gasteiger partial charge in [-0.1, -0.05) is 42.4 Å². The van der Waals surface area contributed by atoms with Gasteiger partial charge in [0, 0.05) is 5.56 Å². The summed E-state index contributed by atoms with van der Waals surface area (Å²) < 4.78 is 5.20. The van der Waals surface area contributed by atoms with Gasteiger partial charge in [-0.25, -0.2) is 0 Å². The Morgan fingerprint density at radius 2 is 2.00 bits per heavy atom. The first kappa shape index (κ1) is 15.4. The molecule has 0 aliphatic heterocycles. The molecule has 1 aromatic heterocycles. The molecule has 1 aromatic carbocycles. The van der Waals surface area contributed by atoms with Crippen molar-refractivity contribution in [3.8, 4) is 11.4 Å². The van der Waals surface area contributed by atoms with E-state index in [1.807, 2.05) is 37.3 Å². The number of hydrogen-bond acceptors (Lipinski definition) is 4. The van der Waals surface area contributed by atoms with Gasteiger partial charge in [-0.2, -0.15) is 4.98 Å². The Hall–Kier alpha value is -1.64. The van der Waals surface area contributed by atoms with Gasteiger partial charge in [0.05, 0.1) is 12.5 Å². The van der Waals surface area contributed by atoms with E-state index in [1.54, 1.807) is 0 Å². The molecular weight excluding hydrogens is 357 g/mol. The molecule has 19 heavy (non-hydrogen) atoms. The predicted molar refractivity (Wildman–Crippen MR) is 84.2 cm³/mol. The van der Waals surface area contributed by atoms with Crippen LogP contribution in [0.3, 0.4) is 0 Å². The van der Waals surface area contributed by atoms with Crippen molar-refractivity contribution in [1.29, 1.82) is 0 Å². The molecule has 2 rings (SSSR count). The SMILES string of the molecule is CC(CN=C(N)N)c1nc(-c2ccccc2)no1.I. The molecule has 1 atom stereocenters. The fourth-order valence-electron chi connectivity index (χ4n) is 1.46. The molecule has 0 aliphatic carbocycles. The molecule has 1 unspecified atom stereocenters. The van der Waals surface area contributed by atoms with Crippen molar-refractivity contribution >= 4 is 29.9 Å². The highest BCUT2D eigenvalue weighted by Gasteiger charge is 2.14. The summed E-state index contributed by atoms with van der Waals surface area (Å²) in [4.78, 5) is 8.26. The third-order valence-corrected chi connectivity index (χ3v) is 2.44. The summed E-state index contributed by atoms with van der Waals surface area (Å²) >= 11 is 0. The monoisotopic (exact) mass is 373 g/mol. The van der Waals surface area contributed by atoms with Gasteiger partial charge >= 0.3 is 0 Å². The van der Waals surface area contributed by atoms with Gasteiger partial charge in [0.1, 0.15) is 0 Å². The standard InChI is InChI=1S/C12H15N5O.HI/c1-8(7-15-12(13)14)11-16-10(17-18-11)9-5-3-2-4-6-9;/h2-6,8H,7H2,1H3,(H4,13,14,15);1H. The largest absolute Gasteiger partial charge is 0.370 e. The fraction of sp³-hybridized carbons (Fsp3) is 0.250. The molecule has 102 valence electrons. The smallest absolute Gasteiger partial charge is 0.231 e. The van der Waals surface area contributed by atoms with E-state index in [0.717, 1.165) is 5.56 Å². The summed E-state index contributed by atoms with van der Waals surface area (Å²) in [6, 6.07) is 9.64. The van der Waals surface area contributed by atoms with E-state index in [2.05, 4.69) is 15.1 Å². The van der Waals surface area contributed by atoms with Gasteiger partial charge in [-0.3, -0.25) is 4.99 Å². The lowest BCUT2D eigenvalue weighted by atomic mass is 10.2. The Labute approximate surface area is 128 Å². The average molecular weight is 373 g/mol. The van der Waals surface area contributed by atoms with Crippen molar-refractivity contribution in [2.45, 2.75) is 12.8 Å². The first-order valence-corrected chi connectivity index (χ1v) is 5.61. The highest BCUT2D eigenvalue weighted by atomic mass is 127. The van der Waals surface area contributed by atoms with Crippen LogP contribution < -0.4 is 11.5 Å². The maximum atomic E-state index is 5.28. The van der Waals surface area contributed by atoms with Crippen LogP contribution in [0.15, 0.2) is 39.8 Å². The molecule has 0 radical (unpaired) electrons. The van der Waals surface area contributed by atoms with Gasteiger partial charge < -0.3 is 16.0 Å². The molecule has 0 aliphatic rings. The second kappa shape index (κ2) is 7.07. The lowest BCUT2D eigenvalue weighted by molar-refractivity contribution is 0.361. The van der Waals surface area contributed by atoms with Crippen LogP contribution in [0.2, 0.25) is 0 Å². The molecule has 4 N–H and O–H groups in total. The van der Waals surface area contributed by atoms with Crippen LogP contribution in [-0.2, 0) is 0 Å². The molecule has 1 heterocycles. The van der Waals surface area contributed by atoms with Crippen molar-refractivity contribution in [3.05, 3.63) is 36.2 Å². The van der Waals surface area contributed by atoms with Crippen molar-refractivity contribution in [1.82, 2.24) is 10.1 Å². The van der Waals surface area contributed by atoms with Gasteiger partial charge in [0.15, 0.2) is 5.96 Å². The number of benzene rings is 1. The Kier molecular flexibility index (Phi) is 5.74. The molecule has 7 heteroatoms. The summed E-state index contributed by atoms with van der Waals surface area (Å²) in [6.45, 7) is 2.35. The minimum atomic E-state index is -0.0166. The summed E-state index contributed by atoms with van der Waals surface area (Å²) in [6.07, 6.45) is 0. The number of aliphatic imine (C=N–C) groups is 1.